The lowest BCUT2D eigenvalue weighted by Gasteiger charge is -2.32. The van der Waals surface area contributed by atoms with Crippen LogP contribution in [-0.2, 0) is 5.41 Å². The summed E-state index contributed by atoms with van der Waals surface area (Å²) >= 11 is 0. The van der Waals surface area contributed by atoms with Crippen LogP contribution in [0.4, 0.5) is 0 Å². The van der Waals surface area contributed by atoms with Crippen LogP contribution in [0.2, 0.25) is 0 Å². The summed E-state index contributed by atoms with van der Waals surface area (Å²) in [5.41, 5.74) is 5.69. The van der Waals surface area contributed by atoms with Crippen molar-refractivity contribution in [2.45, 2.75) is 19.3 Å². The van der Waals surface area contributed by atoms with Crippen molar-refractivity contribution in [2.24, 2.45) is 0 Å². The molecule has 22 heavy (non-hydrogen) atoms. The van der Waals surface area contributed by atoms with Gasteiger partial charge in [-0.15, -0.1) is 0 Å². The van der Waals surface area contributed by atoms with E-state index in [9.17, 15) is 0 Å². The molecule has 106 valence electrons. The van der Waals surface area contributed by atoms with Crippen LogP contribution in [0.15, 0.2) is 49.2 Å². The minimum absolute atomic E-state index is 0.143. The third-order valence-electron chi connectivity index (χ3n) is 4.79. The molecule has 3 aromatic heterocycles. The third-order valence-corrected chi connectivity index (χ3v) is 4.79. The van der Waals surface area contributed by atoms with Crippen LogP contribution < -0.4 is 0 Å². The number of hydrogen-bond donors (Lipinski definition) is 0. The van der Waals surface area contributed by atoms with Crippen molar-refractivity contribution in [2.75, 3.05) is 0 Å². The van der Waals surface area contributed by atoms with Crippen molar-refractivity contribution < 1.29 is 0 Å². The Morgan fingerprint density at radius 3 is 2.82 bits per heavy atom. The smallest absolute Gasteiger partial charge is 0.115 e. The normalized spacial score (nSPS) is 15.2. The molecule has 0 aliphatic carbocycles. The van der Waals surface area contributed by atoms with Gasteiger partial charge in [0.1, 0.15) is 6.33 Å². The molecule has 0 saturated heterocycles. The van der Waals surface area contributed by atoms with Gasteiger partial charge in [-0.2, -0.15) is 0 Å². The van der Waals surface area contributed by atoms with E-state index in [1.807, 2.05) is 18.6 Å². The molecule has 0 fully saturated rings. The molecular formula is C18H14N4. The molecule has 1 aliphatic rings. The van der Waals surface area contributed by atoms with Crippen molar-refractivity contribution >= 4 is 21.8 Å². The Kier molecular flexibility index (Phi) is 2.00. The zero-order chi connectivity index (χ0) is 14.9. The Hall–Kier alpha value is -2.75. The Morgan fingerprint density at radius 1 is 1.00 bits per heavy atom. The lowest BCUT2D eigenvalue weighted by atomic mass is 9.78. The summed E-state index contributed by atoms with van der Waals surface area (Å²) in [5.74, 6) is 0. The highest BCUT2D eigenvalue weighted by Gasteiger charge is 2.36. The van der Waals surface area contributed by atoms with Crippen molar-refractivity contribution in [1.29, 1.82) is 0 Å². The van der Waals surface area contributed by atoms with Gasteiger partial charge in [0, 0.05) is 28.6 Å². The molecule has 0 N–H and O–H groups in total. The number of benzene rings is 1. The van der Waals surface area contributed by atoms with Gasteiger partial charge in [0.25, 0.3) is 0 Å². The van der Waals surface area contributed by atoms with Gasteiger partial charge in [-0.3, -0.25) is 4.98 Å². The summed E-state index contributed by atoms with van der Waals surface area (Å²) in [6.07, 6.45) is 7.34. The van der Waals surface area contributed by atoms with E-state index in [0.717, 1.165) is 16.9 Å². The van der Waals surface area contributed by atoms with Gasteiger partial charge in [-0.25, -0.2) is 9.97 Å². The first-order chi connectivity index (χ1) is 10.7. The molecule has 0 unspecified atom stereocenters. The second kappa shape index (κ2) is 3.71. The minimum atomic E-state index is -0.143. The lowest BCUT2D eigenvalue weighted by Crippen LogP contribution is -2.27. The number of para-hydroxylation sites is 1. The Bertz CT molecular complexity index is 1060. The second-order valence-electron chi connectivity index (χ2n) is 6.31. The molecule has 4 heteroatoms. The lowest BCUT2D eigenvalue weighted by molar-refractivity contribution is 0.602. The molecule has 0 spiro atoms. The first kappa shape index (κ1) is 11.9. The molecule has 0 radical (unpaired) electrons. The summed E-state index contributed by atoms with van der Waals surface area (Å²) in [6.45, 7) is 4.46. The maximum atomic E-state index is 4.60. The van der Waals surface area contributed by atoms with Gasteiger partial charge < -0.3 is 4.57 Å². The molecule has 1 aliphatic heterocycles. The highest BCUT2D eigenvalue weighted by molar-refractivity contribution is 6.11. The molecule has 1 aromatic carbocycles. The number of aromatic nitrogens is 4. The van der Waals surface area contributed by atoms with Crippen LogP contribution in [0.5, 0.6) is 0 Å². The average Bonchev–Trinajstić information content (AvgIpc) is 2.88. The highest BCUT2D eigenvalue weighted by atomic mass is 15.0. The topological polar surface area (TPSA) is 43.6 Å². The monoisotopic (exact) mass is 286 g/mol. The molecular weight excluding hydrogens is 272 g/mol. The van der Waals surface area contributed by atoms with Gasteiger partial charge in [0.05, 0.1) is 28.6 Å². The minimum Gasteiger partial charge on any atom is -0.306 e. The van der Waals surface area contributed by atoms with Crippen LogP contribution in [0.25, 0.3) is 27.5 Å². The summed E-state index contributed by atoms with van der Waals surface area (Å²) in [4.78, 5) is 13.2. The van der Waals surface area contributed by atoms with E-state index in [-0.39, 0.29) is 5.41 Å². The Balaban J connectivity index is 2.15. The van der Waals surface area contributed by atoms with E-state index in [1.54, 1.807) is 6.33 Å². The summed E-state index contributed by atoms with van der Waals surface area (Å²) in [6, 6.07) is 8.57. The molecule has 0 saturated carbocycles. The zero-order valence-corrected chi connectivity index (χ0v) is 12.4. The maximum Gasteiger partial charge on any atom is 0.115 e. The molecule has 5 rings (SSSR count). The number of hydrogen-bond acceptors (Lipinski definition) is 3. The van der Waals surface area contributed by atoms with Crippen molar-refractivity contribution in [3.8, 4) is 5.69 Å². The highest BCUT2D eigenvalue weighted by Crippen LogP contribution is 2.45. The van der Waals surface area contributed by atoms with E-state index >= 15 is 0 Å². The largest absolute Gasteiger partial charge is 0.306 e. The SMILES string of the molecule is CC1(C)c2ncncc2-n2c3ccncc3c3cccc1c32. The third kappa shape index (κ3) is 1.21. The van der Waals surface area contributed by atoms with Gasteiger partial charge in [-0.05, 0) is 25.5 Å². The number of nitrogens with zero attached hydrogens (tertiary/aromatic N) is 4. The van der Waals surface area contributed by atoms with Gasteiger partial charge in [0.2, 0.25) is 0 Å². The molecule has 4 nitrogen and oxygen atoms in total. The van der Waals surface area contributed by atoms with Gasteiger partial charge >= 0.3 is 0 Å². The van der Waals surface area contributed by atoms with E-state index in [0.29, 0.717) is 0 Å². The first-order valence-electron chi connectivity index (χ1n) is 7.38. The van der Waals surface area contributed by atoms with Crippen molar-refractivity contribution in [3.63, 3.8) is 0 Å². The van der Waals surface area contributed by atoms with Crippen LogP contribution in [0, 0.1) is 0 Å². The fourth-order valence-corrected chi connectivity index (χ4v) is 3.76. The molecule has 0 amide bonds. The van der Waals surface area contributed by atoms with Crippen molar-refractivity contribution in [1.82, 2.24) is 19.5 Å². The quantitative estimate of drug-likeness (QED) is 0.496. The van der Waals surface area contributed by atoms with E-state index in [2.05, 4.69) is 57.6 Å². The number of fused-ring (bicyclic) bond motifs is 5. The fourth-order valence-electron chi connectivity index (χ4n) is 3.76. The van der Waals surface area contributed by atoms with Crippen LogP contribution in [-0.4, -0.2) is 19.5 Å². The van der Waals surface area contributed by atoms with E-state index in [4.69, 9.17) is 0 Å². The predicted octanol–water partition coefficient (Wildman–Crippen LogP) is 3.61. The van der Waals surface area contributed by atoms with Gasteiger partial charge in [-0.1, -0.05) is 18.2 Å². The second-order valence-corrected chi connectivity index (χ2v) is 6.31. The number of rotatable bonds is 0. The van der Waals surface area contributed by atoms with Gasteiger partial charge in [0.15, 0.2) is 0 Å². The average molecular weight is 286 g/mol. The predicted molar refractivity (Wildman–Crippen MR) is 86.3 cm³/mol. The summed E-state index contributed by atoms with van der Waals surface area (Å²) in [7, 11) is 0. The molecule has 4 aromatic rings. The zero-order valence-electron chi connectivity index (χ0n) is 12.4. The first-order valence-corrected chi connectivity index (χ1v) is 7.38. The Morgan fingerprint density at radius 2 is 1.91 bits per heavy atom. The van der Waals surface area contributed by atoms with E-state index < -0.39 is 0 Å². The summed E-state index contributed by atoms with van der Waals surface area (Å²) in [5, 5.41) is 2.41. The van der Waals surface area contributed by atoms with Crippen LogP contribution in [0.1, 0.15) is 25.1 Å². The fraction of sp³-hybridized carbons (Fsp3) is 0.167. The van der Waals surface area contributed by atoms with Crippen LogP contribution in [0.3, 0.4) is 0 Å². The van der Waals surface area contributed by atoms with E-state index in [1.165, 1.54) is 21.9 Å². The maximum absolute atomic E-state index is 4.60. The molecule has 4 heterocycles. The van der Waals surface area contributed by atoms with Crippen LogP contribution >= 0.6 is 0 Å². The number of pyridine rings is 1. The summed E-state index contributed by atoms with van der Waals surface area (Å²) < 4.78 is 2.28. The van der Waals surface area contributed by atoms with Crippen molar-refractivity contribution in [3.05, 3.63) is 60.4 Å². The molecule has 0 bridgehead atoms. The molecule has 0 atom stereocenters. The Labute approximate surface area is 127 Å². The standard InChI is InChI=1S/C18H14N4/c1-18(2)13-5-3-4-11-12-8-19-7-6-14(12)22(16(11)13)15-9-20-10-21-17(15)18/h3-10H,1-2H3.